The van der Waals surface area contributed by atoms with Crippen molar-refractivity contribution in [1.82, 2.24) is 14.8 Å². The Morgan fingerprint density at radius 3 is 2.80 bits per heavy atom. The molecule has 0 unspecified atom stereocenters. The zero-order valence-corrected chi connectivity index (χ0v) is 15.1. The molecule has 0 aliphatic carbocycles. The highest BCUT2D eigenvalue weighted by molar-refractivity contribution is 9.10. The molecule has 0 radical (unpaired) electrons. The summed E-state index contributed by atoms with van der Waals surface area (Å²) in [5, 5.41) is 15.9. The number of rotatable bonds is 4. The summed E-state index contributed by atoms with van der Waals surface area (Å²) in [7, 11) is 0. The summed E-state index contributed by atoms with van der Waals surface area (Å²) in [4.78, 5) is 16.3. The van der Waals surface area contributed by atoms with E-state index in [0.717, 1.165) is 10.0 Å². The Morgan fingerprint density at radius 1 is 1.28 bits per heavy atom. The van der Waals surface area contributed by atoms with Gasteiger partial charge in [0.2, 0.25) is 0 Å². The number of halogens is 2. The number of carbonyl (C=O) groups is 1. The molecule has 2 aromatic heterocycles. The quantitative estimate of drug-likeness (QED) is 0.655. The largest absolute Gasteiger partial charge is 0.305 e. The zero-order chi connectivity index (χ0) is 17.8. The normalized spacial score (nSPS) is 10.3. The van der Waals surface area contributed by atoms with Gasteiger partial charge >= 0.3 is 0 Å². The van der Waals surface area contributed by atoms with Crippen LogP contribution in [0.5, 0.6) is 0 Å². The van der Waals surface area contributed by atoms with E-state index >= 15 is 0 Å². The molecule has 25 heavy (non-hydrogen) atoms. The molecule has 0 aliphatic heterocycles. The molecule has 1 aromatic carbocycles. The summed E-state index contributed by atoms with van der Waals surface area (Å²) in [5.41, 5.74) is 1.37. The monoisotopic (exact) mass is 415 g/mol. The van der Waals surface area contributed by atoms with E-state index in [-0.39, 0.29) is 16.4 Å². The third-order valence-corrected chi connectivity index (χ3v) is 4.50. The van der Waals surface area contributed by atoms with Crippen molar-refractivity contribution in [3.63, 3.8) is 0 Å². The molecule has 1 amide bonds. The van der Waals surface area contributed by atoms with Gasteiger partial charge in [-0.25, -0.2) is 9.67 Å². The van der Waals surface area contributed by atoms with E-state index in [9.17, 15) is 4.79 Å². The first-order valence-corrected chi connectivity index (χ1v) is 8.39. The van der Waals surface area contributed by atoms with Crippen LogP contribution in [0.4, 0.5) is 5.82 Å². The predicted octanol–water partition coefficient (Wildman–Crippen LogP) is 3.87. The maximum absolute atomic E-state index is 12.4. The molecule has 0 fully saturated rings. The van der Waals surface area contributed by atoms with Crippen molar-refractivity contribution in [3.05, 3.63) is 75.1 Å². The van der Waals surface area contributed by atoms with Crippen molar-refractivity contribution in [2.24, 2.45) is 0 Å². The Labute approximate surface area is 157 Å². The lowest BCUT2D eigenvalue weighted by Crippen LogP contribution is -2.17. The number of nitrogens with zero attached hydrogens (tertiary/aromatic N) is 4. The van der Waals surface area contributed by atoms with Gasteiger partial charge in [0, 0.05) is 10.5 Å². The minimum Gasteiger partial charge on any atom is -0.305 e. The minimum absolute atomic E-state index is 0.00289. The van der Waals surface area contributed by atoms with Gasteiger partial charge in [-0.15, -0.1) is 0 Å². The first kappa shape index (κ1) is 17.1. The van der Waals surface area contributed by atoms with Gasteiger partial charge in [-0.2, -0.15) is 10.4 Å². The van der Waals surface area contributed by atoms with E-state index in [1.807, 2.05) is 30.3 Å². The number of hydrogen-bond donors (Lipinski definition) is 1. The van der Waals surface area contributed by atoms with Crippen LogP contribution in [0, 0.1) is 11.3 Å². The molecule has 3 aromatic rings. The number of benzene rings is 1. The van der Waals surface area contributed by atoms with Gasteiger partial charge in [-0.3, -0.25) is 4.79 Å². The Balaban J connectivity index is 1.79. The van der Waals surface area contributed by atoms with Crippen LogP contribution < -0.4 is 5.32 Å². The standard InChI is InChI=1S/C17H11BrClN5O/c18-13-4-2-1-3-12(13)10-24-15(7-8-21-24)23-17(25)14-6-5-11(9-20)16(19)22-14/h1-8H,10H2,(H,23,25). The number of carbonyl (C=O) groups excluding carboxylic acids is 1. The highest BCUT2D eigenvalue weighted by Crippen LogP contribution is 2.19. The van der Waals surface area contributed by atoms with Crippen LogP contribution >= 0.6 is 27.5 Å². The lowest BCUT2D eigenvalue weighted by molar-refractivity contribution is 0.102. The Bertz CT molecular complexity index is 979. The maximum atomic E-state index is 12.4. The average Bonchev–Trinajstić information content (AvgIpc) is 3.03. The third kappa shape index (κ3) is 3.87. The van der Waals surface area contributed by atoms with Crippen LogP contribution in [0.3, 0.4) is 0 Å². The van der Waals surface area contributed by atoms with E-state index in [0.29, 0.717) is 12.4 Å². The zero-order valence-electron chi connectivity index (χ0n) is 12.8. The Kier molecular flexibility index (Phi) is 5.12. The van der Waals surface area contributed by atoms with Crippen molar-refractivity contribution in [2.75, 3.05) is 5.32 Å². The highest BCUT2D eigenvalue weighted by atomic mass is 79.9. The minimum atomic E-state index is -0.430. The van der Waals surface area contributed by atoms with E-state index in [4.69, 9.17) is 16.9 Å². The molecule has 0 aliphatic rings. The van der Waals surface area contributed by atoms with E-state index in [1.54, 1.807) is 16.9 Å². The summed E-state index contributed by atoms with van der Waals surface area (Å²) >= 11 is 9.37. The summed E-state index contributed by atoms with van der Waals surface area (Å²) in [6.07, 6.45) is 1.60. The highest BCUT2D eigenvalue weighted by Gasteiger charge is 2.13. The number of pyridine rings is 1. The van der Waals surface area contributed by atoms with Crippen LogP contribution in [0.15, 0.2) is 53.1 Å². The van der Waals surface area contributed by atoms with Gasteiger partial charge in [0.05, 0.1) is 18.3 Å². The number of anilines is 1. The van der Waals surface area contributed by atoms with Crippen molar-refractivity contribution in [3.8, 4) is 6.07 Å². The lowest BCUT2D eigenvalue weighted by atomic mass is 10.2. The Morgan fingerprint density at radius 2 is 2.08 bits per heavy atom. The van der Waals surface area contributed by atoms with Gasteiger partial charge in [-0.05, 0) is 23.8 Å². The van der Waals surface area contributed by atoms with Crippen molar-refractivity contribution >= 4 is 39.3 Å². The molecule has 1 N–H and O–H groups in total. The van der Waals surface area contributed by atoms with Crippen LogP contribution in [-0.4, -0.2) is 20.7 Å². The fraction of sp³-hybridized carbons (Fsp3) is 0.0588. The topological polar surface area (TPSA) is 83.6 Å². The van der Waals surface area contributed by atoms with Crippen molar-refractivity contribution in [1.29, 1.82) is 5.26 Å². The van der Waals surface area contributed by atoms with Gasteiger partial charge in [0.1, 0.15) is 22.7 Å². The Hall–Kier alpha value is -2.69. The molecule has 8 heteroatoms. The number of nitriles is 1. The molecule has 2 heterocycles. The predicted molar refractivity (Wildman–Crippen MR) is 97.4 cm³/mol. The van der Waals surface area contributed by atoms with Gasteiger partial charge in [0.15, 0.2) is 0 Å². The molecular weight excluding hydrogens is 406 g/mol. The van der Waals surface area contributed by atoms with Crippen molar-refractivity contribution in [2.45, 2.75) is 6.54 Å². The summed E-state index contributed by atoms with van der Waals surface area (Å²) in [5.74, 6) is 0.100. The van der Waals surface area contributed by atoms with Gasteiger partial charge in [-0.1, -0.05) is 45.7 Å². The fourth-order valence-electron chi connectivity index (χ4n) is 2.18. The molecular formula is C17H11BrClN5O. The fourth-order valence-corrected chi connectivity index (χ4v) is 2.78. The summed E-state index contributed by atoms with van der Waals surface area (Å²) in [6.45, 7) is 0.492. The van der Waals surface area contributed by atoms with Gasteiger partial charge in [0.25, 0.3) is 5.91 Å². The SMILES string of the molecule is N#Cc1ccc(C(=O)Nc2ccnn2Cc2ccccc2Br)nc1Cl. The second-order valence-corrected chi connectivity index (χ2v) is 6.28. The molecule has 0 saturated heterocycles. The molecule has 0 saturated carbocycles. The second-order valence-electron chi connectivity index (χ2n) is 5.07. The average molecular weight is 417 g/mol. The van der Waals surface area contributed by atoms with E-state index in [1.165, 1.54) is 12.1 Å². The van der Waals surface area contributed by atoms with Crippen LogP contribution in [-0.2, 0) is 6.54 Å². The van der Waals surface area contributed by atoms with Crippen LogP contribution in [0.25, 0.3) is 0 Å². The molecule has 0 atom stereocenters. The molecule has 0 bridgehead atoms. The molecule has 3 rings (SSSR count). The molecule has 0 spiro atoms. The van der Waals surface area contributed by atoms with Crippen LogP contribution in [0.2, 0.25) is 5.15 Å². The summed E-state index contributed by atoms with van der Waals surface area (Å²) < 4.78 is 2.63. The number of hydrogen-bond acceptors (Lipinski definition) is 4. The number of aromatic nitrogens is 3. The molecule has 6 nitrogen and oxygen atoms in total. The van der Waals surface area contributed by atoms with E-state index in [2.05, 4.69) is 31.3 Å². The maximum Gasteiger partial charge on any atom is 0.275 e. The van der Waals surface area contributed by atoms with E-state index < -0.39 is 5.91 Å². The number of amides is 1. The van der Waals surface area contributed by atoms with Crippen LogP contribution in [0.1, 0.15) is 21.6 Å². The summed E-state index contributed by atoms with van der Waals surface area (Å²) in [6, 6.07) is 14.3. The second kappa shape index (κ2) is 7.47. The van der Waals surface area contributed by atoms with Gasteiger partial charge < -0.3 is 5.32 Å². The smallest absolute Gasteiger partial charge is 0.275 e. The van der Waals surface area contributed by atoms with Crippen molar-refractivity contribution < 1.29 is 4.79 Å². The first-order chi connectivity index (χ1) is 12.1. The molecule has 124 valence electrons. The first-order valence-electron chi connectivity index (χ1n) is 7.21. The number of nitrogens with one attached hydrogen (secondary N) is 1. The third-order valence-electron chi connectivity index (χ3n) is 3.44. The lowest BCUT2D eigenvalue weighted by Gasteiger charge is -2.10.